The maximum Gasteiger partial charge on any atom is 0.251 e. The summed E-state index contributed by atoms with van der Waals surface area (Å²) in [5.41, 5.74) is 6.84. The van der Waals surface area contributed by atoms with Gasteiger partial charge in [-0.2, -0.15) is 0 Å². The predicted molar refractivity (Wildman–Crippen MR) is 156 cm³/mol. The largest absolute Gasteiger partial charge is 0.508 e. The summed E-state index contributed by atoms with van der Waals surface area (Å²) in [5.74, 6) is 1.57. The van der Waals surface area contributed by atoms with Gasteiger partial charge in [0, 0.05) is 40.5 Å². The van der Waals surface area contributed by atoms with Crippen molar-refractivity contribution >= 4 is 39.2 Å². The standard InChI is InChI=1S/C31H29N5O3S/c37-22-9-10-24-23(15-22)20(16-32-24)14-25(27-17-40-18-33-27)35-31(38)19-8-11-28-26(13-19)34-30(29-7-4-12-39-29)36(28)21-5-2-1-3-6-21/h4,7-13,15-18,21,25,32,37H,1-3,5-6,14H2,(H,35,38)/t25-/m0/s1. The Morgan fingerprint density at radius 2 is 2.08 bits per heavy atom. The quantitative estimate of drug-likeness (QED) is 0.195. The highest BCUT2D eigenvalue weighted by molar-refractivity contribution is 7.07. The number of hydrogen-bond acceptors (Lipinski definition) is 6. The molecule has 1 aliphatic carbocycles. The van der Waals surface area contributed by atoms with Crippen LogP contribution in [0.25, 0.3) is 33.5 Å². The summed E-state index contributed by atoms with van der Waals surface area (Å²) in [6, 6.07) is 14.9. The van der Waals surface area contributed by atoms with Gasteiger partial charge in [0.25, 0.3) is 5.91 Å². The van der Waals surface area contributed by atoms with Gasteiger partial charge >= 0.3 is 0 Å². The van der Waals surface area contributed by atoms with Gasteiger partial charge in [-0.25, -0.2) is 9.97 Å². The minimum absolute atomic E-state index is 0.186. The molecule has 4 heterocycles. The molecule has 4 aromatic heterocycles. The lowest BCUT2D eigenvalue weighted by atomic mass is 9.95. The molecule has 0 spiro atoms. The number of carbonyl (C=O) groups is 1. The first kappa shape index (κ1) is 24.7. The number of thiazole rings is 1. The van der Waals surface area contributed by atoms with Crippen LogP contribution in [0, 0.1) is 0 Å². The van der Waals surface area contributed by atoms with Crippen LogP contribution in [0.5, 0.6) is 5.75 Å². The molecular formula is C31H29N5O3S. The SMILES string of the molecule is O=C(N[C@@H](Cc1c[nH]c2ccc(O)cc12)c1cscn1)c1ccc2c(c1)nc(-c1ccco1)n2C1CCCCC1. The third-order valence-corrected chi connectivity index (χ3v) is 8.53. The number of carbonyl (C=O) groups excluding carboxylic acids is 1. The van der Waals surface area contributed by atoms with Gasteiger partial charge in [0.15, 0.2) is 11.6 Å². The average Bonchev–Trinajstić information content (AvgIpc) is 3.79. The number of hydrogen-bond donors (Lipinski definition) is 3. The zero-order valence-corrected chi connectivity index (χ0v) is 22.7. The van der Waals surface area contributed by atoms with Crippen molar-refractivity contribution in [2.45, 2.75) is 50.6 Å². The zero-order valence-electron chi connectivity index (χ0n) is 21.8. The number of phenolic OH excluding ortho intramolecular Hbond substituents is 1. The van der Waals surface area contributed by atoms with Gasteiger partial charge in [0.05, 0.1) is 34.5 Å². The maximum atomic E-state index is 13.6. The van der Waals surface area contributed by atoms with Crippen molar-refractivity contribution in [2.75, 3.05) is 0 Å². The Balaban J connectivity index is 1.21. The van der Waals surface area contributed by atoms with Crippen LogP contribution in [0.15, 0.2) is 76.3 Å². The number of aromatic nitrogens is 4. The monoisotopic (exact) mass is 551 g/mol. The molecule has 0 saturated heterocycles. The fourth-order valence-corrected chi connectivity index (χ4v) is 6.56. The summed E-state index contributed by atoms with van der Waals surface area (Å²) in [5, 5.41) is 16.1. The number of imidazole rings is 1. The first-order chi connectivity index (χ1) is 19.6. The Kier molecular flexibility index (Phi) is 6.36. The number of amides is 1. The van der Waals surface area contributed by atoms with Gasteiger partial charge in [-0.05, 0) is 66.9 Å². The first-order valence-corrected chi connectivity index (χ1v) is 14.6. The molecule has 1 amide bonds. The normalized spacial score (nSPS) is 15.1. The molecule has 9 heteroatoms. The van der Waals surface area contributed by atoms with E-state index >= 15 is 0 Å². The van der Waals surface area contributed by atoms with E-state index in [4.69, 9.17) is 9.40 Å². The van der Waals surface area contributed by atoms with Gasteiger partial charge in [-0.15, -0.1) is 11.3 Å². The van der Waals surface area contributed by atoms with E-state index in [-0.39, 0.29) is 17.7 Å². The predicted octanol–water partition coefficient (Wildman–Crippen LogP) is 7.16. The molecule has 1 atom stereocenters. The number of aromatic hydroxyl groups is 1. The molecule has 0 radical (unpaired) electrons. The number of nitrogens with zero attached hydrogens (tertiary/aromatic N) is 3. The third-order valence-electron chi connectivity index (χ3n) is 7.92. The number of fused-ring (bicyclic) bond motifs is 2. The van der Waals surface area contributed by atoms with Crippen molar-refractivity contribution in [1.82, 2.24) is 24.8 Å². The molecule has 1 fully saturated rings. The minimum Gasteiger partial charge on any atom is -0.508 e. The highest BCUT2D eigenvalue weighted by Gasteiger charge is 2.25. The van der Waals surface area contributed by atoms with Crippen LogP contribution in [0.4, 0.5) is 0 Å². The summed E-state index contributed by atoms with van der Waals surface area (Å²) in [6.45, 7) is 0. The second-order valence-electron chi connectivity index (χ2n) is 10.5. The molecule has 6 aromatic rings. The fourth-order valence-electron chi connectivity index (χ4n) is 5.95. The Bertz CT molecular complexity index is 1780. The van der Waals surface area contributed by atoms with Crippen LogP contribution in [-0.4, -0.2) is 30.5 Å². The number of benzene rings is 2. The third kappa shape index (κ3) is 4.56. The molecular weight excluding hydrogens is 522 g/mol. The van der Waals surface area contributed by atoms with Crippen molar-refractivity contribution in [1.29, 1.82) is 0 Å². The minimum atomic E-state index is -0.339. The van der Waals surface area contributed by atoms with Crippen LogP contribution in [0.2, 0.25) is 0 Å². The second kappa shape index (κ2) is 10.3. The topological polar surface area (TPSA) is 109 Å². The smallest absolute Gasteiger partial charge is 0.251 e. The Hall–Kier alpha value is -4.37. The molecule has 3 N–H and O–H groups in total. The van der Waals surface area contributed by atoms with E-state index < -0.39 is 0 Å². The summed E-state index contributed by atoms with van der Waals surface area (Å²) >= 11 is 1.50. The molecule has 8 nitrogen and oxygen atoms in total. The highest BCUT2D eigenvalue weighted by atomic mass is 32.1. The van der Waals surface area contributed by atoms with Crippen LogP contribution in [0.3, 0.4) is 0 Å². The van der Waals surface area contributed by atoms with Crippen molar-refractivity contribution in [3.63, 3.8) is 0 Å². The maximum absolute atomic E-state index is 13.6. The lowest BCUT2D eigenvalue weighted by Gasteiger charge is -2.25. The van der Waals surface area contributed by atoms with Gasteiger partial charge < -0.3 is 24.4 Å². The van der Waals surface area contributed by atoms with E-state index in [1.165, 1.54) is 30.6 Å². The van der Waals surface area contributed by atoms with Gasteiger partial charge in [-0.1, -0.05) is 19.3 Å². The van der Waals surface area contributed by atoms with Crippen LogP contribution in [0.1, 0.15) is 65.8 Å². The van der Waals surface area contributed by atoms with Gasteiger partial charge in [0.1, 0.15) is 5.75 Å². The summed E-state index contributed by atoms with van der Waals surface area (Å²) in [4.78, 5) is 26.3. The molecule has 0 bridgehead atoms. The molecule has 2 aromatic carbocycles. The molecule has 0 aliphatic heterocycles. The Morgan fingerprint density at radius 1 is 1.18 bits per heavy atom. The van der Waals surface area contributed by atoms with E-state index in [9.17, 15) is 9.90 Å². The van der Waals surface area contributed by atoms with Crippen molar-refractivity contribution in [3.05, 3.63) is 88.7 Å². The number of aromatic amines is 1. The summed E-state index contributed by atoms with van der Waals surface area (Å²) < 4.78 is 8.06. The average molecular weight is 552 g/mol. The Morgan fingerprint density at radius 3 is 2.88 bits per heavy atom. The van der Waals surface area contributed by atoms with E-state index in [2.05, 4.69) is 19.9 Å². The van der Waals surface area contributed by atoms with Crippen molar-refractivity contribution in [3.8, 4) is 17.3 Å². The molecule has 1 aliphatic rings. The lowest BCUT2D eigenvalue weighted by Crippen LogP contribution is -2.30. The van der Waals surface area contributed by atoms with Gasteiger partial charge in [-0.3, -0.25) is 4.79 Å². The fraction of sp³-hybridized carbons (Fsp3) is 0.258. The van der Waals surface area contributed by atoms with Crippen LogP contribution >= 0.6 is 11.3 Å². The number of phenols is 1. The summed E-state index contributed by atoms with van der Waals surface area (Å²) in [7, 11) is 0. The van der Waals surface area contributed by atoms with Crippen LogP contribution < -0.4 is 5.32 Å². The van der Waals surface area contributed by atoms with E-state index in [1.54, 1.807) is 23.9 Å². The van der Waals surface area contributed by atoms with E-state index in [1.807, 2.05) is 48.0 Å². The van der Waals surface area contributed by atoms with Crippen molar-refractivity contribution < 1.29 is 14.3 Å². The van der Waals surface area contributed by atoms with E-state index in [0.717, 1.165) is 57.6 Å². The number of rotatable bonds is 7. The molecule has 202 valence electrons. The Labute approximate surface area is 234 Å². The molecule has 7 rings (SSSR count). The van der Waals surface area contributed by atoms with E-state index in [0.29, 0.717) is 18.0 Å². The van der Waals surface area contributed by atoms with Crippen molar-refractivity contribution in [2.24, 2.45) is 0 Å². The highest BCUT2D eigenvalue weighted by Crippen LogP contribution is 2.36. The zero-order chi connectivity index (χ0) is 27.1. The van der Waals surface area contributed by atoms with Crippen LogP contribution in [-0.2, 0) is 6.42 Å². The summed E-state index contributed by atoms with van der Waals surface area (Å²) in [6.07, 6.45) is 10.0. The second-order valence-corrected chi connectivity index (χ2v) is 11.2. The molecule has 40 heavy (non-hydrogen) atoms. The molecule has 0 unspecified atom stereocenters. The van der Waals surface area contributed by atoms with Gasteiger partial charge in [0.2, 0.25) is 0 Å². The first-order valence-electron chi connectivity index (χ1n) is 13.7. The lowest BCUT2D eigenvalue weighted by molar-refractivity contribution is 0.0936. The number of nitrogens with one attached hydrogen (secondary N) is 2. The number of furan rings is 1. The number of H-pyrrole nitrogens is 1. The molecule has 1 saturated carbocycles.